The summed E-state index contributed by atoms with van der Waals surface area (Å²) in [4.78, 5) is 26.5. The Morgan fingerprint density at radius 1 is 1.12 bits per heavy atom. The van der Waals surface area contributed by atoms with Crippen LogP contribution in [-0.2, 0) is 4.74 Å². The van der Waals surface area contributed by atoms with Gasteiger partial charge in [0.2, 0.25) is 0 Å². The average Bonchev–Trinajstić information content (AvgIpc) is 3.27. The summed E-state index contributed by atoms with van der Waals surface area (Å²) < 4.78 is 10.6. The van der Waals surface area contributed by atoms with Crippen molar-refractivity contribution >= 4 is 33.8 Å². The summed E-state index contributed by atoms with van der Waals surface area (Å²) in [6.45, 7) is 1.39. The van der Waals surface area contributed by atoms with Gasteiger partial charge in [-0.2, -0.15) is 0 Å². The third-order valence-corrected chi connectivity index (χ3v) is 4.27. The first-order valence-corrected chi connectivity index (χ1v) is 7.76. The van der Waals surface area contributed by atoms with E-state index in [0.29, 0.717) is 29.4 Å². The number of furan rings is 1. The van der Waals surface area contributed by atoms with Gasteiger partial charge in [0.25, 0.3) is 5.91 Å². The number of nitrogens with zero attached hydrogens (tertiary/aromatic N) is 3. The van der Waals surface area contributed by atoms with Gasteiger partial charge >= 0.3 is 5.97 Å². The lowest BCUT2D eigenvalue weighted by atomic mass is 10.1. The molecule has 3 aromatic rings. The maximum absolute atomic E-state index is 12.7. The Hall–Kier alpha value is -2.96. The molecule has 1 saturated heterocycles. The van der Waals surface area contributed by atoms with Gasteiger partial charge in [-0.1, -0.05) is 18.2 Å². The number of benzene rings is 1. The number of aromatic nitrogens is 2. The molecular formula is C17H15N3O4. The lowest BCUT2D eigenvalue weighted by molar-refractivity contribution is 0.0594. The van der Waals surface area contributed by atoms with Gasteiger partial charge in [0, 0.05) is 18.5 Å². The van der Waals surface area contributed by atoms with Crippen molar-refractivity contribution in [2.24, 2.45) is 0 Å². The second kappa shape index (κ2) is 5.59. The van der Waals surface area contributed by atoms with Crippen molar-refractivity contribution in [3.05, 3.63) is 35.7 Å². The number of amides is 1. The van der Waals surface area contributed by atoms with Crippen LogP contribution in [0, 0.1) is 0 Å². The van der Waals surface area contributed by atoms with E-state index in [9.17, 15) is 9.59 Å². The number of hydrogen-bond acceptors (Lipinski definition) is 6. The first-order valence-electron chi connectivity index (χ1n) is 7.76. The number of esters is 1. The van der Waals surface area contributed by atoms with Gasteiger partial charge in [0.05, 0.1) is 12.5 Å². The number of carbonyl (C=O) groups excluding carboxylic acids is 2. The van der Waals surface area contributed by atoms with Crippen molar-refractivity contribution in [2.75, 3.05) is 20.2 Å². The van der Waals surface area contributed by atoms with E-state index in [-0.39, 0.29) is 22.9 Å². The smallest absolute Gasteiger partial charge is 0.359 e. The van der Waals surface area contributed by atoms with E-state index in [1.807, 2.05) is 18.2 Å². The maximum atomic E-state index is 12.7. The van der Waals surface area contributed by atoms with E-state index in [1.54, 1.807) is 11.0 Å². The Bertz CT molecular complexity index is 957. The zero-order valence-electron chi connectivity index (χ0n) is 13.1. The molecule has 1 fully saturated rings. The van der Waals surface area contributed by atoms with Gasteiger partial charge in [0.1, 0.15) is 5.58 Å². The van der Waals surface area contributed by atoms with Gasteiger partial charge < -0.3 is 14.1 Å². The van der Waals surface area contributed by atoms with Crippen molar-refractivity contribution in [3.8, 4) is 0 Å². The molecule has 0 aliphatic carbocycles. The SMILES string of the molecule is COC(=O)c1nnc(C(=O)N2CCCC2)c2oc3ccccc3c12. The number of para-hydroxylation sites is 1. The highest BCUT2D eigenvalue weighted by Crippen LogP contribution is 2.32. The molecule has 7 nitrogen and oxygen atoms in total. The number of likely N-dealkylation sites (tertiary alicyclic amines) is 1. The van der Waals surface area contributed by atoms with Crippen molar-refractivity contribution in [3.63, 3.8) is 0 Å². The average molecular weight is 325 g/mol. The molecular weight excluding hydrogens is 310 g/mol. The lowest BCUT2D eigenvalue weighted by Gasteiger charge is -2.14. The molecule has 0 N–H and O–H groups in total. The fraction of sp³-hybridized carbons (Fsp3) is 0.294. The van der Waals surface area contributed by atoms with Crippen LogP contribution in [0.4, 0.5) is 0 Å². The number of hydrogen-bond donors (Lipinski definition) is 0. The second-order valence-corrected chi connectivity index (χ2v) is 5.69. The third kappa shape index (κ3) is 2.12. The Morgan fingerprint density at radius 2 is 1.83 bits per heavy atom. The summed E-state index contributed by atoms with van der Waals surface area (Å²) in [5.41, 5.74) is 1.04. The number of carbonyl (C=O) groups is 2. The normalized spacial score (nSPS) is 14.5. The number of methoxy groups -OCH3 is 1. The number of ether oxygens (including phenoxy) is 1. The van der Waals surface area contributed by atoms with Crippen LogP contribution < -0.4 is 0 Å². The first-order chi connectivity index (χ1) is 11.7. The van der Waals surface area contributed by atoms with Crippen LogP contribution in [0.3, 0.4) is 0 Å². The van der Waals surface area contributed by atoms with Gasteiger partial charge in [-0.05, 0) is 18.9 Å². The maximum Gasteiger partial charge on any atom is 0.359 e. The molecule has 0 bridgehead atoms. The zero-order valence-corrected chi connectivity index (χ0v) is 13.1. The summed E-state index contributed by atoms with van der Waals surface area (Å²) in [5.74, 6) is -0.834. The fourth-order valence-electron chi connectivity index (χ4n) is 3.09. The second-order valence-electron chi connectivity index (χ2n) is 5.69. The molecule has 1 aliphatic rings. The molecule has 1 aliphatic heterocycles. The van der Waals surface area contributed by atoms with Crippen LogP contribution in [-0.4, -0.2) is 47.2 Å². The summed E-state index contributed by atoms with van der Waals surface area (Å²) in [6.07, 6.45) is 1.95. The van der Waals surface area contributed by atoms with E-state index in [1.165, 1.54) is 7.11 Å². The van der Waals surface area contributed by atoms with Gasteiger partial charge in [-0.3, -0.25) is 4.79 Å². The van der Waals surface area contributed by atoms with E-state index < -0.39 is 5.97 Å². The number of fused-ring (bicyclic) bond motifs is 3. The van der Waals surface area contributed by atoms with E-state index in [2.05, 4.69) is 10.2 Å². The summed E-state index contributed by atoms with van der Waals surface area (Å²) in [6, 6.07) is 7.26. The molecule has 4 rings (SSSR count). The predicted molar refractivity (Wildman–Crippen MR) is 85.8 cm³/mol. The molecule has 7 heteroatoms. The van der Waals surface area contributed by atoms with Crippen molar-refractivity contribution in [2.45, 2.75) is 12.8 Å². The summed E-state index contributed by atoms with van der Waals surface area (Å²) in [5, 5.41) is 9.11. The van der Waals surface area contributed by atoms with Crippen LogP contribution in [0.15, 0.2) is 28.7 Å². The van der Waals surface area contributed by atoms with E-state index in [4.69, 9.17) is 9.15 Å². The minimum atomic E-state index is -0.612. The summed E-state index contributed by atoms with van der Waals surface area (Å²) in [7, 11) is 1.28. The number of rotatable bonds is 2. The van der Waals surface area contributed by atoms with Gasteiger partial charge in [-0.15, -0.1) is 10.2 Å². The van der Waals surface area contributed by atoms with Crippen LogP contribution in [0.2, 0.25) is 0 Å². The fourth-order valence-corrected chi connectivity index (χ4v) is 3.09. The molecule has 0 saturated carbocycles. The Morgan fingerprint density at radius 3 is 2.58 bits per heavy atom. The first kappa shape index (κ1) is 14.6. The summed E-state index contributed by atoms with van der Waals surface area (Å²) >= 11 is 0. The molecule has 24 heavy (non-hydrogen) atoms. The van der Waals surface area contributed by atoms with E-state index >= 15 is 0 Å². The Labute approximate surface area is 137 Å². The van der Waals surface area contributed by atoms with Crippen molar-refractivity contribution in [1.29, 1.82) is 0 Å². The van der Waals surface area contributed by atoms with Gasteiger partial charge in [0.15, 0.2) is 17.0 Å². The lowest BCUT2D eigenvalue weighted by Crippen LogP contribution is -2.29. The monoisotopic (exact) mass is 325 g/mol. The van der Waals surface area contributed by atoms with Crippen LogP contribution in [0.1, 0.15) is 33.8 Å². The van der Waals surface area contributed by atoms with Crippen LogP contribution >= 0.6 is 0 Å². The Balaban J connectivity index is 1.99. The third-order valence-electron chi connectivity index (χ3n) is 4.27. The highest BCUT2D eigenvalue weighted by atomic mass is 16.5. The molecule has 1 amide bonds. The van der Waals surface area contributed by atoms with Crippen molar-refractivity contribution < 1.29 is 18.7 Å². The quantitative estimate of drug-likeness (QED) is 0.673. The molecule has 0 atom stereocenters. The predicted octanol–water partition coefficient (Wildman–Crippen LogP) is 2.40. The topological polar surface area (TPSA) is 85.5 Å². The molecule has 122 valence electrons. The standard InChI is InChI=1S/C17H15N3O4/c1-23-17(22)13-12-10-6-2-3-7-11(10)24-15(12)14(19-18-13)16(21)20-8-4-5-9-20/h2-3,6-7H,4-5,8-9H2,1H3. The minimum Gasteiger partial charge on any atom is -0.464 e. The largest absolute Gasteiger partial charge is 0.464 e. The molecule has 0 unspecified atom stereocenters. The minimum absolute atomic E-state index is 0.0513. The molecule has 3 heterocycles. The van der Waals surface area contributed by atoms with Crippen molar-refractivity contribution in [1.82, 2.24) is 15.1 Å². The molecule has 1 aromatic carbocycles. The molecule has 2 aromatic heterocycles. The zero-order chi connectivity index (χ0) is 16.7. The van der Waals surface area contributed by atoms with Gasteiger partial charge in [-0.25, -0.2) is 4.79 Å². The molecule has 0 spiro atoms. The van der Waals surface area contributed by atoms with Crippen LogP contribution in [0.5, 0.6) is 0 Å². The highest BCUT2D eigenvalue weighted by Gasteiger charge is 2.28. The Kier molecular flexibility index (Phi) is 3.41. The van der Waals surface area contributed by atoms with Crippen LogP contribution in [0.25, 0.3) is 21.9 Å². The highest BCUT2D eigenvalue weighted by molar-refractivity contribution is 6.17. The molecule has 0 radical (unpaired) electrons. The van der Waals surface area contributed by atoms with E-state index in [0.717, 1.165) is 12.8 Å².